The molecule has 1 aliphatic rings. The van der Waals surface area contributed by atoms with Gasteiger partial charge in [0.2, 0.25) is 0 Å². The molecule has 1 aliphatic carbocycles. The van der Waals surface area contributed by atoms with Gasteiger partial charge in [-0.1, -0.05) is 38.1 Å². The van der Waals surface area contributed by atoms with Crippen LogP contribution in [0.5, 0.6) is 0 Å². The molecule has 142 valence electrons. The third kappa shape index (κ3) is 4.44. The molecule has 0 saturated carbocycles. The van der Waals surface area contributed by atoms with E-state index >= 15 is 0 Å². The molecule has 0 fully saturated rings. The predicted molar refractivity (Wildman–Crippen MR) is 112 cm³/mol. The maximum atomic E-state index is 12.4. The van der Waals surface area contributed by atoms with Crippen LogP contribution in [0.2, 0.25) is 0 Å². The highest BCUT2D eigenvalue weighted by molar-refractivity contribution is 6.18. The SMILES string of the molecule is CC(CCl)CC(=O)c1ccc2c(c1)Cc1cc(C(=O)CC(C)CCl)ccc1-2. The number of alkyl halides is 2. The van der Waals surface area contributed by atoms with Crippen LogP contribution in [-0.2, 0) is 6.42 Å². The summed E-state index contributed by atoms with van der Waals surface area (Å²) in [5.74, 6) is 1.59. The molecule has 0 amide bonds. The minimum Gasteiger partial charge on any atom is -0.294 e. The molecule has 0 bridgehead atoms. The van der Waals surface area contributed by atoms with Crippen LogP contribution in [0.15, 0.2) is 36.4 Å². The van der Waals surface area contributed by atoms with Gasteiger partial charge < -0.3 is 0 Å². The van der Waals surface area contributed by atoms with Crippen molar-refractivity contribution in [2.75, 3.05) is 11.8 Å². The number of ketones is 2. The van der Waals surface area contributed by atoms with E-state index in [1.165, 1.54) is 0 Å². The summed E-state index contributed by atoms with van der Waals surface area (Å²) in [7, 11) is 0. The van der Waals surface area contributed by atoms with Gasteiger partial charge in [0, 0.05) is 35.7 Å². The summed E-state index contributed by atoms with van der Waals surface area (Å²) in [5.41, 5.74) is 6.08. The second kappa shape index (κ2) is 8.58. The highest BCUT2D eigenvalue weighted by Gasteiger charge is 2.22. The molecule has 0 aromatic heterocycles. The fraction of sp³-hybridized carbons (Fsp3) is 0.391. The van der Waals surface area contributed by atoms with Crippen molar-refractivity contribution < 1.29 is 9.59 Å². The molecule has 2 aromatic rings. The lowest BCUT2D eigenvalue weighted by atomic mass is 9.96. The summed E-state index contributed by atoms with van der Waals surface area (Å²) in [6.45, 7) is 3.97. The largest absolute Gasteiger partial charge is 0.294 e. The molecule has 2 unspecified atom stereocenters. The maximum Gasteiger partial charge on any atom is 0.163 e. The Labute approximate surface area is 170 Å². The van der Waals surface area contributed by atoms with Gasteiger partial charge in [0.1, 0.15) is 0 Å². The molecule has 2 nitrogen and oxygen atoms in total. The van der Waals surface area contributed by atoms with E-state index in [0.717, 1.165) is 39.8 Å². The van der Waals surface area contributed by atoms with Crippen molar-refractivity contribution in [2.45, 2.75) is 33.1 Å². The van der Waals surface area contributed by atoms with Gasteiger partial charge in [-0.05, 0) is 52.6 Å². The van der Waals surface area contributed by atoms with Gasteiger partial charge in [-0.3, -0.25) is 9.59 Å². The number of Topliss-reactive ketones (excluding diaryl/α,β-unsaturated/α-hetero) is 2. The van der Waals surface area contributed by atoms with Crippen molar-refractivity contribution in [2.24, 2.45) is 11.8 Å². The Bertz CT molecular complexity index is 801. The third-order valence-electron chi connectivity index (χ3n) is 5.12. The summed E-state index contributed by atoms with van der Waals surface area (Å²) in [6.07, 6.45) is 1.68. The van der Waals surface area contributed by atoms with Crippen molar-refractivity contribution in [3.63, 3.8) is 0 Å². The number of carbonyl (C=O) groups excluding carboxylic acids is 2. The van der Waals surface area contributed by atoms with E-state index < -0.39 is 0 Å². The fourth-order valence-electron chi connectivity index (χ4n) is 3.54. The third-order valence-corrected chi connectivity index (χ3v) is 6.17. The summed E-state index contributed by atoms with van der Waals surface area (Å²) < 4.78 is 0. The molecule has 0 saturated heterocycles. The predicted octanol–water partition coefficient (Wildman–Crippen LogP) is 6.15. The molecular weight excluding hydrogens is 379 g/mol. The Kier molecular flexibility index (Phi) is 6.39. The van der Waals surface area contributed by atoms with Crippen LogP contribution in [0.25, 0.3) is 11.1 Å². The zero-order valence-electron chi connectivity index (χ0n) is 15.7. The normalized spacial score (nSPS) is 14.4. The minimum absolute atomic E-state index is 0.132. The van der Waals surface area contributed by atoms with E-state index in [1.807, 2.05) is 50.2 Å². The average Bonchev–Trinajstić information content (AvgIpc) is 3.04. The van der Waals surface area contributed by atoms with Gasteiger partial charge in [0.05, 0.1) is 0 Å². The van der Waals surface area contributed by atoms with Crippen molar-refractivity contribution in [3.8, 4) is 11.1 Å². The van der Waals surface area contributed by atoms with Crippen molar-refractivity contribution in [3.05, 3.63) is 58.7 Å². The summed E-state index contributed by atoms with van der Waals surface area (Å²) >= 11 is 11.7. The molecule has 0 spiro atoms. The van der Waals surface area contributed by atoms with E-state index in [9.17, 15) is 9.59 Å². The number of benzene rings is 2. The molecular formula is C23H24Cl2O2. The van der Waals surface area contributed by atoms with E-state index in [1.54, 1.807) is 0 Å². The second-order valence-corrected chi connectivity index (χ2v) is 8.31. The number of halogens is 2. The van der Waals surface area contributed by atoms with Gasteiger partial charge in [-0.15, -0.1) is 23.2 Å². The molecule has 0 aliphatic heterocycles. The molecule has 0 N–H and O–H groups in total. The van der Waals surface area contributed by atoms with Crippen molar-refractivity contribution in [1.29, 1.82) is 0 Å². The van der Waals surface area contributed by atoms with Crippen molar-refractivity contribution in [1.82, 2.24) is 0 Å². The molecule has 0 heterocycles. The summed E-state index contributed by atoms with van der Waals surface area (Å²) in [4.78, 5) is 24.9. The van der Waals surface area contributed by atoms with Gasteiger partial charge in [-0.2, -0.15) is 0 Å². The first-order chi connectivity index (χ1) is 12.9. The van der Waals surface area contributed by atoms with E-state index in [4.69, 9.17) is 23.2 Å². The van der Waals surface area contributed by atoms with Crippen LogP contribution < -0.4 is 0 Å². The van der Waals surface area contributed by atoms with Gasteiger partial charge in [-0.25, -0.2) is 0 Å². The highest BCUT2D eigenvalue weighted by atomic mass is 35.5. The summed E-state index contributed by atoms with van der Waals surface area (Å²) in [6, 6.07) is 11.8. The monoisotopic (exact) mass is 402 g/mol. The van der Waals surface area contributed by atoms with Gasteiger partial charge in [0.15, 0.2) is 11.6 Å². The topological polar surface area (TPSA) is 34.1 Å². The van der Waals surface area contributed by atoms with Crippen LogP contribution in [0.4, 0.5) is 0 Å². The second-order valence-electron chi connectivity index (χ2n) is 7.69. The van der Waals surface area contributed by atoms with Crippen LogP contribution in [-0.4, -0.2) is 23.3 Å². The Hall–Kier alpha value is -1.64. The maximum absolute atomic E-state index is 12.4. The molecule has 4 heteroatoms. The number of rotatable bonds is 8. The lowest BCUT2D eigenvalue weighted by Crippen LogP contribution is -2.07. The number of hydrogen-bond acceptors (Lipinski definition) is 2. The molecule has 2 atom stereocenters. The van der Waals surface area contributed by atoms with Crippen LogP contribution in [0.1, 0.15) is 58.5 Å². The smallest absolute Gasteiger partial charge is 0.163 e. The Morgan fingerprint density at radius 3 is 1.59 bits per heavy atom. The Balaban J connectivity index is 1.81. The fourth-order valence-corrected chi connectivity index (χ4v) is 3.75. The van der Waals surface area contributed by atoms with E-state index in [-0.39, 0.29) is 23.4 Å². The standard InChI is InChI=1S/C23H24Cl2O2/c1-14(12-24)7-22(26)16-3-5-20-18(9-16)11-19-10-17(4-6-21(19)20)23(27)8-15(2)13-25/h3-6,9-10,14-15H,7-8,11-13H2,1-2H3. The highest BCUT2D eigenvalue weighted by Crippen LogP contribution is 2.38. The van der Waals surface area contributed by atoms with Gasteiger partial charge >= 0.3 is 0 Å². The molecule has 3 rings (SSSR count). The van der Waals surface area contributed by atoms with E-state index in [0.29, 0.717) is 24.6 Å². The zero-order valence-corrected chi connectivity index (χ0v) is 17.2. The minimum atomic E-state index is 0.132. The lowest BCUT2D eigenvalue weighted by Gasteiger charge is -2.08. The van der Waals surface area contributed by atoms with Crippen LogP contribution in [0.3, 0.4) is 0 Å². The van der Waals surface area contributed by atoms with E-state index in [2.05, 4.69) is 0 Å². The van der Waals surface area contributed by atoms with Gasteiger partial charge in [0.25, 0.3) is 0 Å². The van der Waals surface area contributed by atoms with Crippen molar-refractivity contribution >= 4 is 34.8 Å². The summed E-state index contributed by atoms with van der Waals surface area (Å²) in [5, 5.41) is 0. The molecule has 0 radical (unpaired) electrons. The zero-order chi connectivity index (χ0) is 19.6. The van der Waals surface area contributed by atoms with Crippen LogP contribution in [0, 0.1) is 11.8 Å². The Morgan fingerprint density at radius 2 is 1.22 bits per heavy atom. The number of carbonyl (C=O) groups is 2. The lowest BCUT2D eigenvalue weighted by molar-refractivity contribution is 0.0960. The first-order valence-corrected chi connectivity index (χ1v) is 10.4. The molecule has 27 heavy (non-hydrogen) atoms. The first kappa shape index (κ1) is 20.1. The Morgan fingerprint density at radius 1 is 0.815 bits per heavy atom. The quantitative estimate of drug-likeness (QED) is 0.334. The molecule has 2 aromatic carbocycles. The number of hydrogen-bond donors (Lipinski definition) is 0. The number of fused-ring (bicyclic) bond motifs is 3. The first-order valence-electron chi connectivity index (χ1n) is 9.37. The average molecular weight is 403 g/mol. The van der Waals surface area contributed by atoms with Crippen LogP contribution >= 0.6 is 23.2 Å².